The molecule has 0 spiro atoms. The number of halogens is 3. The highest BCUT2D eigenvalue weighted by Gasteiger charge is 2.43. The lowest BCUT2D eigenvalue weighted by molar-refractivity contribution is -0.137. The minimum atomic E-state index is -4.55. The molecule has 1 saturated carbocycles. The van der Waals surface area contributed by atoms with Gasteiger partial charge in [0.25, 0.3) is 0 Å². The molecule has 0 saturated heterocycles. The number of rotatable bonds is 6. The molecule has 160 valence electrons. The van der Waals surface area contributed by atoms with Gasteiger partial charge in [0.2, 0.25) is 11.8 Å². The van der Waals surface area contributed by atoms with Crippen molar-refractivity contribution in [2.75, 3.05) is 11.9 Å². The molecular weight excluding hydrogens is 397 g/mol. The molecule has 1 fully saturated rings. The summed E-state index contributed by atoms with van der Waals surface area (Å²) in [4.78, 5) is 25.7. The van der Waals surface area contributed by atoms with E-state index in [4.69, 9.17) is 0 Å². The summed E-state index contributed by atoms with van der Waals surface area (Å²) in [5.41, 5.74) is -0.916. The highest BCUT2D eigenvalue weighted by molar-refractivity contribution is 5.99. The van der Waals surface area contributed by atoms with Gasteiger partial charge in [-0.2, -0.15) is 13.2 Å². The smallest absolute Gasteiger partial charge is 0.394 e. The average molecular weight is 420 g/mol. The van der Waals surface area contributed by atoms with Gasteiger partial charge < -0.3 is 15.7 Å². The van der Waals surface area contributed by atoms with Crippen LogP contribution in [-0.4, -0.2) is 29.6 Å². The second-order valence-corrected chi connectivity index (χ2v) is 7.43. The lowest BCUT2D eigenvalue weighted by Crippen LogP contribution is -2.52. The zero-order valence-electron chi connectivity index (χ0n) is 16.2. The van der Waals surface area contributed by atoms with E-state index in [-0.39, 0.29) is 11.6 Å². The molecule has 0 bridgehead atoms. The number of anilines is 1. The van der Waals surface area contributed by atoms with Crippen LogP contribution in [0.5, 0.6) is 0 Å². The first-order valence-electron chi connectivity index (χ1n) is 9.72. The van der Waals surface area contributed by atoms with E-state index < -0.39 is 35.7 Å². The van der Waals surface area contributed by atoms with E-state index >= 15 is 0 Å². The van der Waals surface area contributed by atoms with E-state index in [1.54, 1.807) is 0 Å². The van der Waals surface area contributed by atoms with E-state index in [0.717, 1.165) is 30.5 Å². The predicted molar refractivity (Wildman–Crippen MR) is 106 cm³/mol. The molecule has 3 rings (SSSR count). The first-order chi connectivity index (χ1) is 14.3. The Hall–Kier alpha value is -2.87. The first-order valence-corrected chi connectivity index (χ1v) is 9.72. The van der Waals surface area contributed by atoms with Gasteiger partial charge in [0.1, 0.15) is 6.04 Å². The standard InChI is InChI=1S/C22H23F3N2O3/c23-22(24,25)16-9-6-10-17(13-16)26-19(29)18(14-28)27-20(30)21(11-4-5-12-21)15-7-2-1-3-8-15/h1-3,6-10,13,18,28H,4-5,11-12,14H2,(H,26,29)(H,27,30). The van der Waals surface area contributed by atoms with Crippen molar-refractivity contribution < 1.29 is 27.9 Å². The predicted octanol–water partition coefficient (Wildman–Crippen LogP) is 3.63. The number of carbonyl (C=O) groups is 2. The van der Waals surface area contributed by atoms with Crippen LogP contribution in [0.25, 0.3) is 0 Å². The van der Waals surface area contributed by atoms with E-state index in [0.29, 0.717) is 12.8 Å². The summed E-state index contributed by atoms with van der Waals surface area (Å²) in [6.07, 6.45) is -1.58. The summed E-state index contributed by atoms with van der Waals surface area (Å²) >= 11 is 0. The fourth-order valence-corrected chi connectivity index (χ4v) is 3.88. The van der Waals surface area contributed by atoms with Gasteiger partial charge in [-0.05, 0) is 36.6 Å². The maximum absolute atomic E-state index is 13.1. The summed E-state index contributed by atoms with van der Waals surface area (Å²) < 4.78 is 38.6. The number of nitrogens with one attached hydrogen (secondary N) is 2. The quantitative estimate of drug-likeness (QED) is 0.668. The molecular formula is C22H23F3N2O3. The van der Waals surface area contributed by atoms with Gasteiger partial charge in [0.05, 0.1) is 17.6 Å². The highest BCUT2D eigenvalue weighted by atomic mass is 19.4. The van der Waals surface area contributed by atoms with E-state index in [2.05, 4.69) is 10.6 Å². The highest BCUT2D eigenvalue weighted by Crippen LogP contribution is 2.41. The normalized spacial score (nSPS) is 16.7. The fourth-order valence-electron chi connectivity index (χ4n) is 3.88. The van der Waals surface area contributed by atoms with Gasteiger partial charge >= 0.3 is 6.18 Å². The molecule has 1 aliphatic rings. The molecule has 3 N–H and O–H groups in total. The van der Waals surface area contributed by atoms with Crippen LogP contribution in [0.3, 0.4) is 0 Å². The van der Waals surface area contributed by atoms with E-state index in [1.165, 1.54) is 12.1 Å². The maximum Gasteiger partial charge on any atom is 0.416 e. The van der Waals surface area contributed by atoms with Gasteiger partial charge in [-0.1, -0.05) is 49.2 Å². The Morgan fingerprint density at radius 3 is 2.30 bits per heavy atom. The zero-order valence-corrected chi connectivity index (χ0v) is 16.2. The number of benzene rings is 2. The Balaban J connectivity index is 1.74. The van der Waals surface area contributed by atoms with Crippen LogP contribution in [0.15, 0.2) is 54.6 Å². The minimum absolute atomic E-state index is 0.0684. The number of amides is 2. The average Bonchev–Trinajstić information content (AvgIpc) is 3.23. The third-order valence-electron chi connectivity index (χ3n) is 5.48. The largest absolute Gasteiger partial charge is 0.416 e. The summed E-state index contributed by atoms with van der Waals surface area (Å²) in [7, 11) is 0. The zero-order chi connectivity index (χ0) is 21.8. The van der Waals surface area contributed by atoms with Crippen molar-refractivity contribution in [3.05, 3.63) is 65.7 Å². The van der Waals surface area contributed by atoms with Crippen molar-refractivity contribution in [3.8, 4) is 0 Å². The molecule has 0 heterocycles. The van der Waals surface area contributed by atoms with Gasteiger partial charge in [-0.15, -0.1) is 0 Å². The van der Waals surface area contributed by atoms with Gasteiger partial charge in [0.15, 0.2) is 0 Å². The van der Waals surface area contributed by atoms with Gasteiger partial charge in [-0.25, -0.2) is 0 Å². The number of alkyl halides is 3. The summed E-state index contributed by atoms with van der Waals surface area (Å²) in [5, 5.41) is 14.6. The molecule has 8 heteroatoms. The molecule has 5 nitrogen and oxygen atoms in total. The summed E-state index contributed by atoms with van der Waals surface area (Å²) in [6.45, 7) is -0.679. The third kappa shape index (κ3) is 4.64. The Morgan fingerprint density at radius 2 is 1.70 bits per heavy atom. The number of carbonyl (C=O) groups excluding carboxylic acids is 2. The van der Waals surface area contributed by atoms with E-state index in [9.17, 15) is 27.9 Å². The monoisotopic (exact) mass is 420 g/mol. The van der Waals surface area contributed by atoms with Gasteiger partial charge in [-0.3, -0.25) is 9.59 Å². The molecule has 2 aromatic carbocycles. The fraction of sp³-hybridized carbons (Fsp3) is 0.364. The second kappa shape index (κ2) is 8.87. The Bertz CT molecular complexity index is 894. The third-order valence-corrected chi connectivity index (χ3v) is 5.48. The molecule has 1 aliphatic carbocycles. The van der Waals surface area contributed by atoms with Crippen LogP contribution in [0.4, 0.5) is 18.9 Å². The SMILES string of the molecule is O=C(Nc1cccc(C(F)(F)F)c1)C(CO)NC(=O)C1(c2ccccc2)CCCC1. The van der Waals surface area contributed by atoms with Crippen LogP contribution in [-0.2, 0) is 21.2 Å². The number of hydrogen-bond donors (Lipinski definition) is 3. The number of aliphatic hydroxyl groups is 1. The number of hydrogen-bond acceptors (Lipinski definition) is 3. The van der Waals surface area contributed by atoms with Crippen LogP contribution in [0, 0.1) is 0 Å². The molecule has 2 aromatic rings. The Morgan fingerprint density at radius 1 is 1.03 bits per heavy atom. The maximum atomic E-state index is 13.1. The van der Waals surface area contributed by atoms with Crippen LogP contribution >= 0.6 is 0 Å². The molecule has 2 amide bonds. The minimum Gasteiger partial charge on any atom is -0.394 e. The first kappa shape index (κ1) is 21.8. The molecule has 0 radical (unpaired) electrons. The van der Waals surface area contributed by atoms with Crippen molar-refractivity contribution in [1.29, 1.82) is 0 Å². The van der Waals surface area contributed by atoms with E-state index in [1.807, 2.05) is 30.3 Å². The van der Waals surface area contributed by atoms with Crippen molar-refractivity contribution >= 4 is 17.5 Å². The van der Waals surface area contributed by atoms with Crippen molar-refractivity contribution in [2.24, 2.45) is 0 Å². The van der Waals surface area contributed by atoms with Crippen molar-refractivity contribution in [2.45, 2.75) is 43.3 Å². The molecule has 1 atom stereocenters. The lowest BCUT2D eigenvalue weighted by atomic mass is 9.78. The molecule has 0 aliphatic heterocycles. The second-order valence-electron chi connectivity index (χ2n) is 7.43. The van der Waals surface area contributed by atoms with Crippen LogP contribution in [0.1, 0.15) is 36.8 Å². The van der Waals surface area contributed by atoms with Crippen molar-refractivity contribution in [3.63, 3.8) is 0 Å². The van der Waals surface area contributed by atoms with Crippen LogP contribution in [0.2, 0.25) is 0 Å². The molecule has 30 heavy (non-hydrogen) atoms. The number of aliphatic hydroxyl groups excluding tert-OH is 1. The van der Waals surface area contributed by atoms with Crippen molar-refractivity contribution in [1.82, 2.24) is 5.32 Å². The van der Waals surface area contributed by atoms with Crippen LogP contribution < -0.4 is 10.6 Å². The summed E-state index contributed by atoms with van der Waals surface area (Å²) in [6, 6.07) is 12.2. The summed E-state index contributed by atoms with van der Waals surface area (Å²) in [5.74, 6) is -1.16. The lowest BCUT2D eigenvalue weighted by Gasteiger charge is -2.30. The van der Waals surface area contributed by atoms with Gasteiger partial charge in [0, 0.05) is 5.69 Å². The molecule has 1 unspecified atom stereocenters. The molecule has 0 aromatic heterocycles. The topological polar surface area (TPSA) is 78.4 Å². The Labute approximate surface area is 172 Å². The Kier molecular flexibility index (Phi) is 6.45.